The van der Waals surface area contributed by atoms with Crippen LogP contribution in [0.5, 0.6) is 11.5 Å². The molecule has 0 aliphatic carbocycles. The highest BCUT2D eigenvalue weighted by Crippen LogP contribution is 2.40. The Balaban J connectivity index is 1.99. The van der Waals surface area contributed by atoms with Crippen LogP contribution in [0.2, 0.25) is 0 Å². The summed E-state index contributed by atoms with van der Waals surface area (Å²) in [5.74, 6) is 1.10. The molecule has 1 heterocycles. The summed E-state index contributed by atoms with van der Waals surface area (Å²) in [7, 11) is 3.23. The molecule has 3 rings (SSSR count). The molecule has 30 heavy (non-hydrogen) atoms. The second-order valence-corrected chi connectivity index (χ2v) is 7.46. The van der Waals surface area contributed by atoms with E-state index in [1.807, 2.05) is 32.0 Å². The number of carbonyl (C=O) groups excluding carboxylic acids is 1. The second kappa shape index (κ2) is 9.80. The monoisotopic (exact) mass is 415 g/mol. The smallest absolute Gasteiger partial charge is 0.315 e. The summed E-state index contributed by atoms with van der Waals surface area (Å²) in [5.41, 5.74) is 2.84. The van der Waals surface area contributed by atoms with Crippen molar-refractivity contribution in [1.29, 1.82) is 0 Å². The van der Waals surface area contributed by atoms with Crippen molar-refractivity contribution in [1.82, 2.24) is 15.5 Å². The van der Waals surface area contributed by atoms with Crippen LogP contribution in [0.1, 0.15) is 36.6 Å². The lowest BCUT2D eigenvalue weighted by atomic mass is 9.87. The van der Waals surface area contributed by atoms with Gasteiger partial charge in [0.05, 0.1) is 20.3 Å². The number of rotatable bonds is 7. The van der Waals surface area contributed by atoms with E-state index >= 15 is 0 Å². The van der Waals surface area contributed by atoms with E-state index < -0.39 is 0 Å². The first-order valence-corrected chi connectivity index (χ1v) is 10.2. The molecule has 0 spiro atoms. The maximum Gasteiger partial charge on any atom is 0.315 e. The Hall–Kier alpha value is -2.80. The normalized spacial score (nSPS) is 17.0. The van der Waals surface area contributed by atoms with Gasteiger partial charge in [0.2, 0.25) is 0 Å². The van der Waals surface area contributed by atoms with Gasteiger partial charge in [0.15, 0.2) is 11.5 Å². The van der Waals surface area contributed by atoms with E-state index in [4.69, 9.17) is 9.47 Å². The number of amides is 2. The van der Waals surface area contributed by atoms with Crippen LogP contribution < -0.4 is 20.1 Å². The third-order valence-electron chi connectivity index (χ3n) is 5.53. The fraction of sp³-hybridized carbons (Fsp3) is 0.435. The third-order valence-corrected chi connectivity index (χ3v) is 5.53. The highest BCUT2D eigenvalue weighted by molar-refractivity contribution is 5.74. The highest BCUT2D eigenvalue weighted by Gasteiger charge is 2.34. The molecule has 1 aliphatic heterocycles. The molecule has 0 fully saturated rings. The Morgan fingerprint density at radius 3 is 2.60 bits per heavy atom. The fourth-order valence-corrected chi connectivity index (χ4v) is 4.13. The first-order chi connectivity index (χ1) is 14.5. The van der Waals surface area contributed by atoms with E-state index in [0.717, 1.165) is 24.1 Å². The molecule has 0 saturated heterocycles. The zero-order valence-electron chi connectivity index (χ0n) is 18.0. The van der Waals surface area contributed by atoms with Crippen molar-refractivity contribution in [2.45, 2.75) is 38.9 Å². The summed E-state index contributed by atoms with van der Waals surface area (Å²) in [6.45, 7) is 5.58. The minimum absolute atomic E-state index is 0.143. The number of carbonyl (C=O) groups is 1. The lowest BCUT2D eigenvalue weighted by Crippen LogP contribution is -2.49. The summed E-state index contributed by atoms with van der Waals surface area (Å²) in [6, 6.07) is 10.2. The number of benzene rings is 2. The Morgan fingerprint density at radius 2 is 1.93 bits per heavy atom. The summed E-state index contributed by atoms with van der Waals surface area (Å²) in [6.07, 6.45) is 0.800. The fourth-order valence-electron chi connectivity index (χ4n) is 4.13. The van der Waals surface area contributed by atoms with Crippen LogP contribution in [0.3, 0.4) is 0 Å². The van der Waals surface area contributed by atoms with Crippen molar-refractivity contribution in [3.8, 4) is 11.5 Å². The van der Waals surface area contributed by atoms with Gasteiger partial charge in [0.25, 0.3) is 0 Å². The number of fused-ring (bicyclic) bond motifs is 1. The van der Waals surface area contributed by atoms with E-state index in [0.29, 0.717) is 30.2 Å². The lowest BCUT2D eigenvalue weighted by Gasteiger charge is -2.41. The molecule has 1 aliphatic rings. The number of nitrogens with one attached hydrogen (secondary N) is 2. The SMILES string of the molecule is CCNC(=O)N[C@@H](C)[C@H]1c2cc(OC)c(OC)cc2CCN1Cc1ccccc1F. The molecule has 2 aromatic carbocycles. The van der Waals surface area contributed by atoms with Gasteiger partial charge in [-0.2, -0.15) is 0 Å². The Morgan fingerprint density at radius 1 is 1.23 bits per heavy atom. The summed E-state index contributed by atoms with van der Waals surface area (Å²) in [5, 5.41) is 5.81. The first kappa shape index (κ1) is 21.9. The van der Waals surface area contributed by atoms with Crippen LogP contribution in [-0.2, 0) is 13.0 Å². The second-order valence-electron chi connectivity index (χ2n) is 7.46. The van der Waals surface area contributed by atoms with Gasteiger partial charge in [0.1, 0.15) is 5.82 Å². The van der Waals surface area contributed by atoms with E-state index in [-0.39, 0.29) is 23.9 Å². The van der Waals surface area contributed by atoms with Crippen LogP contribution in [0, 0.1) is 5.82 Å². The molecular weight excluding hydrogens is 385 g/mol. The van der Waals surface area contributed by atoms with Crippen molar-refractivity contribution in [2.24, 2.45) is 0 Å². The molecule has 2 amide bonds. The molecular formula is C23H30FN3O3. The quantitative estimate of drug-likeness (QED) is 0.725. The van der Waals surface area contributed by atoms with Crippen LogP contribution in [0.4, 0.5) is 9.18 Å². The molecule has 0 saturated carbocycles. The van der Waals surface area contributed by atoms with Gasteiger partial charge < -0.3 is 20.1 Å². The molecule has 0 aromatic heterocycles. The molecule has 6 nitrogen and oxygen atoms in total. The molecule has 2 N–H and O–H groups in total. The maximum absolute atomic E-state index is 14.4. The molecule has 162 valence electrons. The lowest BCUT2D eigenvalue weighted by molar-refractivity contribution is 0.141. The standard InChI is InChI=1S/C23H30FN3O3/c1-5-25-23(28)26-15(2)22-18-13-21(30-4)20(29-3)12-16(18)10-11-27(22)14-17-8-6-7-9-19(17)24/h6-9,12-13,15,22H,5,10-11,14H2,1-4H3,(H2,25,26,28)/t15-,22-/m0/s1. The van der Waals surface area contributed by atoms with Crippen LogP contribution >= 0.6 is 0 Å². The van der Waals surface area contributed by atoms with Crippen molar-refractivity contribution >= 4 is 6.03 Å². The molecule has 0 radical (unpaired) electrons. The predicted molar refractivity (Wildman–Crippen MR) is 114 cm³/mol. The molecule has 7 heteroatoms. The average Bonchev–Trinajstić information content (AvgIpc) is 2.74. The van der Waals surface area contributed by atoms with E-state index in [1.54, 1.807) is 26.4 Å². The third kappa shape index (κ3) is 4.67. The van der Waals surface area contributed by atoms with Gasteiger partial charge in [-0.3, -0.25) is 4.90 Å². The molecule has 0 unspecified atom stereocenters. The summed E-state index contributed by atoms with van der Waals surface area (Å²) >= 11 is 0. The minimum atomic E-state index is -0.223. The maximum atomic E-state index is 14.4. The van der Waals surface area contributed by atoms with Crippen LogP contribution in [0.15, 0.2) is 36.4 Å². The van der Waals surface area contributed by atoms with Gasteiger partial charge in [-0.25, -0.2) is 9.18 Å². The van der Waals surface area contributed by atoms with Gasteiger partial charge in [-0.15, -0.1) is 0 Å². The van der Waals surface area contributed by atoms with Crippen LogP contribution in [0.25, 0.3) is 0 Å². The predicted octanol–water partition coefficient (Wildman–Crippen LogP) is 3.65. The minimum Gasteiger partial charge on any atom is -0.493 e. The molecule has 0 bridgehead atoms. The highest BCUT2D eigenvalue weighted by atomic mass is 19.1. The van der Waals surface area contributed by atoms with Crippen LogP contribution in [-0.4, -0.2) is 44.3 Å². The van der Waals surface area contributed by atoms with Crippen molar-refractivity contribution in [3.63, 3.8) is 0 Å². The van der Waals surface area contributed by atoms with Gasteiger partial charge >= 0.3 is 6.03 Å². The van der Waals surface area contributed by atoms with E-state index in [2.05, 4.69) is 15.5 Å². The first-order valence-electron chi connectivity index (χ1n) is 10.2. The summed E-state index contributed by atoms with van der Waals surface area (Å²) < 4.78 is 25.3. The van der Waals surface area contributed by atoms with Crippen molar-refractivity contribution < 1.29 is 18.7 Å². The zero-order chi connectivity index (χ0) is 21.7. The Kier molecular flexibility index (Phi) is 7.15. The number of halogens is 1. The van der Waals surface area contributed by atoms with Crippen molar-refractivity contribution in [3.05, 3.63) is 58.9 Å². The zero-order valence-corrected chi connectivity index (χ0v) is 18.0. The Bertz CT molecular complexity index is 890. The largest absolute Gasteiger partial charge is 0.493 e. The van der Waals surface area contributed by atoms with Crippen molar-refractivity contribution in [2.75, 3.05) is 27.3 Å². The van der Waals surface area contributed by atoms with E-state index in [9.17, 15) is 9.18 Å². The number of hydrogen-bond acceptors (Lipinski definition) is 4. The van der Waals surface area contributed by atoms with Gasteiger partial charge in [-0.1, -0.05) is 18.2 Å². The van der Waals surface area contributed by atoms with Gasteiger partial charge in [-0.05, 0) is 49.6 Å². The average molecular weight is 416 g/mol. The number of methoxy groups -OCH3 is 2. The van der Waals surface area contributed by atoms with E-state index in [1.165, 1.54) is 6.07 Å². The number of urea groups is 1. The topological polar surface area (TPSA) is 62.8 Å². The molecule has 2 atom stereocenters. The number of hydrogen-bond donors (Lipinski definition) is 2. The number of ether oxygens (including phenoxy) is 2. The van der Waals surface area contributed by atoms with Gasteiger partial charge in [0, 0.05) is 31.2 Å². The summed E-state index contributed by atoms with van der Waals surface area (Å²) in [4.78, 5) is 14.4. The molecule has 2 aromatic rings. The Labute approximate surface area is 177 Å². The number of nitrogens with zero attached hydrogens (tertiary/aromatic N) is 1.